The zero-order chi connectivity index (χ0) is 23.7. The first-order chi connectivity index (χ1) is 15.8. The number of Topliss-reactive ketones (excluding diaryl/α,β-unsaturated/α-hetero) is 1. The topological polar surface area (TPSA) is 124 Å². The van der Waals surface area contributed by atoms with Gasteiger partial charge in [0.05, 0.1) is 28.0 Å². The molecule has 1 aliphatic heterocycles. The van der Waals surface area contributed by atoms with Crippen molar-refractivity contribution in [2.24, 2.45) is 11.8 Å². The summed E-state index contributed by atoms with van der Waals surface area (Å²) in [7, 11) is 0. The van der Waals surface area contributed by atoms with Crippen molar-refractivity contribution in [3.63, 3.8) is 0 Å². The summed E-state index contributed by atoms with van der Waals surface area (Å²) < 4.78 is 5.01. The van der Waals surface area contributed by atoms with Gasteiger partial charge < -0.3 is 4.74 Å². The van der Waals surface area contributed by atoms with Gasteiger partial charge in [-0.15, -0.1) is 0 Å². The fraction of sp³-hybridized carbons (Fsp3) is 0.217. The van der Waals surface area contributed by atoms with Gasteiger partial charge in [0.2, 0.25) is 17.6 Å². The summed E-state index contributed by atoms with van der Waals surface area (Å²) in [5, 5.41) is 10.8. The number of carbonyl (C=O) groups is 4. The number of fused-ring (bicyclic) bond motifs is 1. The second-order valence-electron chi connectivity index (χ2n) is 7.64. The number of nitro groups is 1. The van der Waals surface area contributed by atoms with Gasteiger partial charge in [-0.1, -0.05) is 23.8 Å². The number of ketones is 1. The van der Waals surface area contributed by atoms with Crippen molar-refractivity contribution >= 4 is 46.5 Å². The van der Waals surface area contributed by atoms with E-state index in [1.807, 2.05) is 12.2 Å². The number of nitrogens with zero attached hydrogens (tertiary/aromatic N) is 2. The highest BCUT2D eigenvalue weighted by Gasteiger charge is 2.47. The quantitative estimate of drug-likeness (QED) is 0.158. The van der Waals surface area contributed by atoms with Gasteiger partial charge in [-0.3, -0.25) is 29.4 Å². The number of imide groups is 1. The Morgan fingerprint density at radius 2 is 1.58 bits per heavy atom. The molecule has 2 aromatic rings. The molecule has 2 amide bonds. The molecule has 1 heterocycles. The number of ether oxygens (including phenoxy) is 1. The second-order valence-corrected chi connectivity index (χ2v) is 8.04. The molecule has 0 bridgehead atoms. The minimum absolute atomic E-state index is 0.0173. The number of benzene rings is 2. The lowest BCUT2D eigenvalue weighted by atomic mass is 9.85. The fourth-order valence-corrected chi connectivity index (χ4v) is 4.11. The van der Waals surface area contributed by atoms with Crippen LogP contribution in [0.3, 0.4) is 0 Å². The average molecular weight is 469 g/mol. The summed E-state index contributed by atoms with van der Waals surface area (Å²) in [5.41, 5.74) is 0.0367. The highest BCUT2D eigenvalue weighted by atomic mass is 35.5. The SMILES string of the molecule is O=C(COC(=O)c1ccc(N2C(=O)[C@@H]3CC=CC[C@H]3C2=O)cc1)c1ccc(Cl)c([N+](=O)[O-])c1. The maximum absolute atomic E-state index is 12.7. The number of halogens is 1. The summed E-state index contributed by atoms with van der Waals surface area (Å²) >= 11 is 5.73. The zero-order valence-corrected chi connectivity index (χ0v) is 17.9. The summed E-state index contributed by atoms with van der Waals surface area (Å²) in [6, 6.07) is 9.29. The van der Waals surface area contributed by atoms with Gasteiger partial charge in [-0.05, 0) is 49.2 Å². The average Bonchev–Trinajstić information content (AvgIpc) is 3.07. The zero-order valence-electron chi connectivity index (χ0n) is 17.1. The van der Waals surface area contributed by atoms with Gasteiger partial charge in [0, 0.05) is 11.6 Å². The van der Waals surface area contributed by atoms with E-state index in [-0.39, 0.29) is 39.8 Å². The van der Waals surface area contributed by atoms with Crippen molar-refractivity contribution in [2.75, 3.05) is 11.5 Å². The van der Waals surface area contributed by atoms with Crippen LogP contribution in [-0.2, 0) is 14.3 Å². The number of amides is 2. The first kappa shape index (κ1) is 22.3. The van der Waals surface area contributed by atoms with Gasteiger partial charge in [0.1, 0.15) is 5.02 Å². The first-order valence-electron chi connectivity index (χ1n) is 10.0. The Bertz CT molecular complexity index is 1180. The van der Waals surface area contributed by atoms with Gasteiger partial charge in [0.25, 0.3) is 5.69 Å². The Hall–Kier alpha value is -3.85. The predicted molar refractivity (Wildman–Crippen MR) is 117 cm³/mol. The molecule has 1 fully saturated rings. The van der Waals surface area contributed by atoms with E-state index in [0.29, 0.717) is 18.5 Å². The molecule has 2 aliphatic rings. The third-order valence-corrected chi connectivity index (χ3v) is 5.99. The summed E-state index contributed by atoms with van der Waals surface area (Å²) in [5.74, 6) is -2.66. The lowest BCUT2D eigenvalue weighted by Crippen LogP contribution is -2.30. The van der Waals surface area contributed by atoms with E-state index in [1.165, 1.54) is 36.4 Å². The Kier molecular flexibility index (Phi) is 6.06. The van der Waals surface area contributed by atoms with Crippen LogP contribution in [0.25, 0.3) is 0 Å². The maximum atomic E-state index is 12.7. The van der Waals surface area contributed by atoms with Crippen LogP contribution in [0, 0.1) is 22.0 Å². The van der Waals surface area contributed by atoms with Gasteiger partial charge in [-0.2, -0.15) is 0 Å². The molecular weight excluding hydrogens is 452 g/mol. The van der Waals surface area contributed by atoms with Crippen molar-refractivity contribution in [3.05, 3.63) is 80.9 Å². The Balaban J connectivity index is 1.41. The Morgan fingerprint density at radius 1 is 1.00 bits per heavy atom. The van der Waals surface area contributed by atoms with E-state index >= 15 is 0 Å². The van der Waals surface area contributed by atoms with Gasteiger partial charge >= 0.3 is 5.97 Å². The van der Waals surface area contributed by atoms with Crippen LogP contribution in [0.1, 0.15) is 33.6 Å². The van der Waals surface area contributed by atoms with Crippen LogP contribution in [0.5, 0.6) is 0 Å². The minimum atomic E-state index is -0.796. The van der Waals surface area contributed by atoms with Crippen LogP contribution >= 0.6 is 11.6 Å². The lowest BCUT2D eigenvalue weighted by Gasteiger charge is -2.15. The Labute approximate surface area is 192 Å². The van der Waals surface area contributed by atoms with Crippen molar-refractivity contribution < 1.29 is 28.8 Å². The molecule has 2 aromatic carbocycles. The predicted octanol–water partition coefficient (Wildman–Crippen LogP) is 3.74. The summed E-state index contributed by atoms with van der Waals surface area (Å²) in [6.07, 6.45) is 4.86. The molecule has 10 heteroatoms. The van der Waals surface area contributed by atoms with Crippen molar-refractivity contribution in [1.29, 1.82) is 0 Å². The van der Waals surface area contributed by atoms with Crippen LogP contribution in [0.2, 0.25) is 5.02 Å². The number of rotatable bonds is 6. The standard InChI is InChI=1S/C23H17ClN2O7/c24-18-10-7-14(11-19(18)26(31)32)20(27)12-33-23(30)13-5-8-15(9-6-13)25-21(28)16-3-1-2-4-17(16)22(25)29/h1-2,5-11,16-17H,3-4,12H2/t16-,17-/m1/s1. The molecule has 4 rings (SSSR count). The van der Waals surface area contributed by atoms with Crippen molar-refractivity contribution in [3.8, 4) is 0 Å². The van der Waals surface area contributed by atoms with E-state index in [4.69, 9.17) is 16.3 Å². The fourth-order valence-electron chi connectivity index (χ4n) is 3.93. The monoisotopic (exact) mass is 468 g/mol. The molecule has 0 unspecified atom stereocenters. The number of nitro benzene ring substituents is 1. The molecule has 0 saturated carbocycles. The molecule has 168 valence electrons. The molecule has 1 saturated heterocycles. The minimum Gasteiger partial charge on any atom is -0.454 e. The number of hydrogen-bond donors (Lipinski definition) is 0. The van der Waals surface area contributed by atoms with Gasteiger partial charge in [0.15, 0.2) is 6.61 Å². The number of hydrogen-bond acceptors (Lipinski definition) is 7. The largest absolute Gasteiger partial charge is 0.454 e. The normalized spacial score (nSPS) is 19.4. The molecular formula is C23H17ClN2O7. The number of carbonyl (C=O) groups excluding carboxylic acids is 4. The Morgan fingerprint density at radius 3 is 2.15 bits per heavy atom. The van der Waals surface area contributed by atoms with Crippen molar-refractivity contribution in [1.82, 2.24) is 0 Å². The molecule has 0 N–H and O–H groups in total. The van der Waals surface area contributed by atoms with Crippen LogP contribution < -0.4 is 4.90 Å². The number of esters is 1. The smallest absolute Gasteiger partial charge is 0.338 e. The van der Waals surface area contributed by atoms with Gasteiger partial charge in [-0.25, -0.2) is 4.79 Å². The second kappa shape index (κ2) is 8.95. The maximum Gasteiger partial charge on any atom is 0.338 e. The summed E-state index contributed by atoms with van der Waals surface area (Å²) in [6.45, 7) is -0.626. The first-order valence-corrected chi connectivity index (χ1v) is 10.4. The third kappa shape index (κ3) is 4.27. The molecule has 0 radical (unpaired) electrons. The molecule has 2 atom stereocenters. The van der Waals surface area contributed by atoms with E-state index in [1.54, 1.807) is 0 Å². The summed E-state index contributed by atoms with van der Waals surface area (Å²) in [4.78, 5) is 61.3. The molecule has 0 spiro atoms. The molecule has 9 nitrogen and oxygen atoms in total. The van der Waals surface area contributed by atoms with Crippen LogP contribution in [0.4, 0.5) is 11.4 Å². The van der Waals surface area contributed by atoms with E-state index < -0.39 is 29.0 Å². The van der Waals surface area contributed by atoms with E-state index in [0.717, 1.165) is 11.0 Å². The highest BCUT2D eigenvalue weighted by Crippen LogP contribution is 2.37. The third-order valence-electron chi connectivity index (χ3n) is 5.67. The highest BCUT2D eigenvalue weighted by molar-refractivity contribution is 6.32. The lowest BCUT2D eigenvalue weighted by molar-refractivity contribution is -0.384. The molecule has 1 aliphatic carbocycles. The van der Waals surface area contributed by atoms with E-state index in [2.05, 4.69) is 0 Å². The molecule has 33 heavy (non-hydrogen) atoms. The van der Waals surface area contributed by atoms with Crippen LogP contribution in [-0.4, -0.2) is 35.1 Å². The number of allylic oxidation sites excluding steroid dienone is 2. The number of anilines is 1. The van der Waals surface area contributed by atoms with Crippen molar-refractivity contribution in [2.45, 2.75) is 12.8 Å². The van der Waals surface area contributed by atoms with E-state index in [9.17, 15) is 29.3 Å². The molecule has 0 aromatic heterocycles. The van der Waals surface area contributed by atoms with Crippen LogP contribution in [0.15, 0.2) is 54.6 Å².